The summed E-state index contributed by atoms with van der Waals surface area (Å²) in [6, 6.07) is 17.4. The number of ether oxygens (including phenoxy) is 1. The van der Waals surface area contributed by atoms with Crippen molar-refractivity contribution in [3.8, 4) is 5.75 Å². The number of rotatable bonds is 9. The number of phenolic OH excluding ortho intramolecular Hbond substituents is 1. The summed E-state index contributed by atoms with van der Waals surface area (Å²) in [6.07, 6.45) is 3.21. The number of carbonyl (C=O) groups is 3. The van der Waals surface area contributed by atoms with Crippen LogP contribution in [-0.2, 0) is 31.8 Å². The molecule has 3 aliphatic heterocycles. The molecule has 13 nitrogen and oxygen atoms in total. The van der Waals surface area contributed by atoms with Crippen LogP contribution < -0.4 is 0 Å². The second kappa shape index (κ2) is 13.7. The van der Waals surface area contributed by atoms with Crippen molar-refractivity contribution in [1.29, 1.82) is 0 Å². The number of benzene rings is 3. The predicted molar refractivity (Wildman–Crippen MR) is 198 cm³/mol. The number of nitrogens with zero attached hydrogens (tertiary/aromatic N) is 6. The number of nitro groups is 1. The third-order valence-electron chi connectivity index (χ3n) is 9.35. The molecule has 1 N–H and O–H groups in total. The third-order valence-corrected chi connectivity index (χ3v) is 11.0. The lowest BCUT2D eigenvalue weighted by Gasteiger charge is -2.38. The minimum Gasteiger partial charge on any atom is -0.507 e. The SMILES string of the molecule is CC(C)(C)c1cc(/C=N/[C@@H]2C(=O)N3C[C@@](C(=O)OCc4ccc([N+](=O)[O-])cc4)(N4CCN(/N=C/c5ccccc5)C4=O)S[C@H]23)cc(C(C)(C)C)c1O. The molecule has 3 atom stereocenters. The van der Waals surface area contributed by atoms with Crippen LogP contribution in [0, 0.1) is 10.1 Å². The molecule has 3 aromatic rings. The number of fused-ring (bicyclic) bond motifs is 1. The van der Waals surface area contributed by atoms with E-state index in [1.807, 2.05) is 84.0 Å². The molecule has 0 saturated carbocycles. The summed E-state index contributed by atoms with van der Waals surface area (Å²) in [7, 11) is 0. The number of aliphatic imine (C=N–C) groups is 1. The number of non-ortho nitro benzene ring substituents is 1. The van der Waals surface area contributed by atoms with Crippen LogP contribution in [0.15, 0.2) is 76.8 Å². The first-order chi connectivity index (χ1) is 24.5. The van der Waals surface area contributed by atoms with Gasteiger partial charge in [-0.3, -0.25) is 24.8 Å². The van der Waals surface area contributed by atoms with Gasteiger partial charge < -0.3 is 14.7 Å². The van der Waals surface area contributed by atoms with Gasteiger partial charge in [0.15, 0.2) is 6.04 Å². The molecule has 3 fully saturated rings. The summed E-state index contributed by atoms with van der Waals surface area (Å²) >= 11 is 1.15. The van der Waals surface area contributed by atoms with E-state index in [0.717, 1.165) is 34.0 Å². The van der Waals surface area contributed by atoms with Gasteiger partial charge in [0.1, 0.15) is 17.7 Å². The number of hydrazone groups is 1. The minimum absolute atomic E-state index is 0.0947. The van der Waals surface area contributed by atoms with Gasteiger partial charge in [-0.15, -0.1) is 0 Å². The summed E-state index contributed by atoms with van der Waals surface area (Å²) in [5.41, 5.74) is 2.79. The van der Waals surface area contributed by atoms with Crippen LogP contribution in [0.4, 0.5) is 10.5 Å². The monoisotopic (exact) mass is 726 g/mol. The van der Waals surface area contributed by atoms with E-state index < -0.39 is 33.2 Å². The highest BCUT2D eigenvalue weighted by Crippen LogP contribution is 2.51. The van der Waals surface area contributed by atoms with Crippen molar-refractivity contribution in [3.63, 3.8) is 0 Å². The lowest BCUT2D eigenvalue weighted by molar-refractivity contribution is -0.384. The van der Waals surface area contributed by atoms with Crippen molar-refractivity contribution in [3.05, 3.63) is 105 Å². The van der Waals surface area contributed by atoms with Crippen molar-refractivity contribution in [2.24, 2.45) is 10.1 Å². The first-order valence-electron chi connectivity index (χ1n) is 17.0. The molecular weight excluding hydrogens is 685 g/mol. The Morgan fingerprint density at radius 3 is 2.21 bits per heavy atom. The largest absolute Gasteiger partial charge is 0.507 e. The Hall–Kier alpha value is -5.24. The molecule has 3 amide bonds. The maximum Gasteiger partial charge on any atom is 0.345 e. The van der Waals surface area contributed by atoms with Crippen molar-refractivity contribution >= 4 is 47.8 Å². The number of β-lactam (4-membered cyclic amide) rings is 1. The molecule has 3 aliphatic rings. The standard InChI is InChI=1S/C38H42N6O7S/c1-36(2,3)28-18-26(19-29(31(28)45)37(4,5)6)20-39-30-32(46)41-23-38(52-33(30)41,34(47)51-22-25-12-14-27(15-13-25)44(49)50)42-16-17-43(35(42)48)40-21-24-10-8-7-9-11-24/h7-15,18-21,30,33,45H,16-17,22-23H2,1-6H3/b39-20+,40-21+/t30-,33-,38-/m1/s1. The highest BCUT2D eigenvalue weighted by Gasteiger charge is 2.66. The van der Waals surface area contributed by atoms with Crippen LogP contribution >= 0.6 is 11.8 Å². The maximum atomic E-state index is 14.1. The molecule has 0 aliphatic carbocycles. The van der Waals surface area contributed by atoms with Crippen molar-refractivity contribution in [2.75, 3.05) is 19.6 Å². The van der Waals surface area contributed by atoms with E-state index in [2.05, 4.69) is 5.10 Å². The van der Waals surface area contributed by atoms with Gasteiger partial charge in [0.05, 0.1) is 24.2 Å². The number of nitro benzene ring substituents is 1. The van der Waals surface area contributed by atoms with Gasteiger partial charge in [0, 0.05) is 36.0 Å². The average molecular weight is 727 g/mol. The van der Waals surface area contributed by atoms with Gasteiger partial charge in [-0.25, -0.2) is 14.6 Å². The second-order valence-electron chi connectivity index (χ2n) is 15.2. The number of phenols is 1. The highest BCUT2D eigenvalue weighted by molar-refractivity contribution is 8.02. The zero-order chi connectivity index (χ0) is 37.6. The molecule has 6 rings (SSSR count). The lowest BCUT2D eigenvalue weighted by Crippen LogP contribution is -2.61. The maximum absolute atomic E-state index is 14.1. The fraction of sp³-hybridized carbons (Fsp3) is 0.395. The summed E-state index contributed by atoms with van der Waals surface area (Å²) in [4.78, 5) is 58.2. The molecule has 52 heavy (non-hydrogen) atoms. The number of carbonyl (C=O) groups excluding carboxylic acids is 3. The molecule has 14 heteroatoms. The van der Waals surface area contributed by atoms with Gasteiger partial charge in [-0.2, -0.15) is 5.10 Å². The Bertz CT molecular complexity index is 1920. The van der Waals surface area contributed by atoms with Crippen molar-refractivity contribution in [2.45, 2.75) is 75.3 Å². The van der Waals surface area contributed by atoms with Crippen LogP contribution in [0.1, 0.15) is 69.4 Å². The molecule has 3 heterocycles. The smallest absolute Gasteiger partial charge is 0.345 e. The highest BCUT2D eigenvalue weighted by atomic mass is 32.2. The number of thioether (sulfide) groups is 1. The normalized spacial score (nSPS) is 22.0. The van der Waals surface area contributed by atoms with Gasteiger partial charge in [0.2, 0.25) is 4.87 Å². The third kappa shape index (κ3) is 6.99. The number of esters is 1. The number of hydrogen-bond donors (Lipinski definition) is 1. The Morgan fingerprint density at radius 2 is 1.62 bits per heavy atom. The fourth-order valence-corrected chi connectivity index (χ4v) is 8.12. The van der Waals surface area contributed by atoms with Crippen LogP contribution in [-0.4, -0.2) is 91.1 Å². The summed E-state index contributed by atoms with van der Waals surface area (Å²) in [6.45, 7) is 12.2. The minimum atomic E-state index is -1.59. The van der Waals surface area contributed by atoms with E-state index in [1.165, 1.54) is 34.2 Å². The van der Waals surface area contributed by atoms with E-state index in [9.17, 15) is 29.6 Å². The molecule has 0 spiro atoms. The quantitative estimate of drug-likeness (QED) is 0.0952. The molecule has 0 radical (unpaired) electrons. The summed E-state index contributed by atoms with van der Waals surface area (Å²) in [5.74, 6) is -0.759. The average Bonchev–Trinajstić information content (AvgIpc) is 3.65. The first kappa shape index (κ1) is 36.5. The second-order valence-corrected chi connectivity index (χ2v) is 16.6. The Balaban J connectivity index is 1.27. The lowest BCUT2D eigenvalue weighted by atomic mass is 9.78. The van der Waals surface area contributed by atoms with Gasteiger partial charge in [-0.1, -0.05) is 83.6 Å². The van der Waals surface area contributed by atoms with Crippen LogP contribution in [0.25, 0.3) is 0 Å². The Kier molecular flexibility index (Phi) is 9.64. The van der Waals surface area contributed by atoms with E-state index in [1.54, 1.807) is 17.3 Å². The number of aromatic hydroxyl groups is 1. The molecule has 3 aromatic carbocycles. The number of urea groups is 1. The van der Waals surface area contributed by atoms with Crippen LogP contribution in [0.2, 0.25) is 0 Å². The number of amides is 3. The van der Waals surface area contributed by atoms with Gasteiger partial charge in [0.25, 0.3) is 11.6 Å². The fourth-order valence-electron chi connectivity index (χ4n) is 6.44. The molecule has 0 unspecified atom stereocenters. The van der Waals surface area contributed by atoms with Crippen molar-refractivity contribution in [1.82, 2.24) is 14.8 Å². The van der Waals surface area contributed by atoms with Crippen LogP contribution in [0.3, 0.4) is 0 Å². The zero-order valence-corrected chi connectivity index (χ0v) is 30.8. The molecule has 272 valence electrons. The molecular formula is C38H42N6O7S. The Morgan fingerprint density at radius 1 is 0.981 bits per heavy atom. The van der Waals surface area contributed by atoms with E-state index >= 15 is 0 Å². The Labute approximate surface area is 306 Å². The van der Waals surface area contributed by atoms with Gasteiger partial charge in [-0.05, 0) is 51.8 Å². The van der Waals surface area contributed by atoms with E-state index in [-0.39, 0.29) is 54.4 Å². The zero-order valence-electron chi connectivity index (χ0n) is 30.0. The van der Waals surface area contributed by atoms with Crippen molar-refractivity contribution < 1.29 is 29.2 Å². The molecule has 0 aromatic heterocycles. The number of hydrogen-bond acceptors (Lipinski definition) is 10. The summed E-state index contributed by atoms with van der Waals surface area (Å²) < 4.78 is 5.79. The van der Waals surface area contributed by atoms with E-state index in [4.69, 9.17) is 9.73 Å². The molecule has 0 bridgehead atoms. The van der Waals surface area contributed by atoms with E-state index in [0.29, 0.717) is 5.56 Å². The predicted octanol–water partition coefficient (Wildman–Crippen LogP) is 5.81. The summed E-state index contributed by atoms with van der Waals surface area (Å²) in [5, 5.41) is 27.4. The van der Waals surface area contributed by atoms with Gasteiger partial charge >= 0.3 is 12.0 Å². The first-order valence-corrected chi connectivity index (χ1v) is 17.9. The van der Waals surface area contributed by atoms with Crippen LogP contribution in [0.5, 0.6) is 5.75 Å². The topological polar surface area (TPSA) is 158 Å². The molecule has 3 saturated heterocycles.